The Kier molecular flexibility index (Phi) is 2.98. The highest BCUT2D eigenvalue weighted by molar-refractivity contribution is 5.83. The molecule has 15 heavy (non-hydrogen) atoms. The number of amides is 1. The van der Waals surface area contributed by atoms with E-state index in [4.69, 9.17) is 10.5 Å². The SMILES string of the molecule is CC1(C(=O)NC2CCOC2)CCCC1N. The summed E-state index contributed by atoms with van der Waals surface area (Å²) in [5, 5.41) is 3.05. The second kappa shape index (κ2) is 4.10. The van der Waals surface area contributed by atoms with Gasteiger partial charge in [0.05, 0.1) is 18.1 Å². The Balaban J connectivity index is 1.94. The van der Waals surface area contributed by atoms with Crippen molar-refractivity contribution in [2.24, 2.45) is 11.1 Å². The first-order valence-electron chi connectivity index (χ1n) is 5.77. The van der Waals surface area contributed by atoms with Crippen LogP contribution in [0.4, 0.5) is 0 Å². The van der Waals surface area contributed by atoms with Gasteiger partial charge < -0.3 is 15.8 Å². The van der Waals surface area contributed by atoms with E-state index < -0.39 is 0 Å². The molecular formula is C11H20N2O2. The molecule has 1 aliphatic heterocycles. The van der Waals surface area contributed by atoms with E-state index in [1.807, 2.05) is 6.92 Å². The largest absolute Gasteiger partial charge is 0.379 e. The minimum absolute atomic E-state index is 0.0137. The summed E-state index contributed by atoms with van der Waals surface area (Å²) in [6, 6.07) is 0.210. The van der Waals surface area contributed by atoms with Gasteiger partial charge in [0.2, 0.25) is 5.91 Å². The van der Waals surface area contributed by atoms with Crippen molar-refractivity contribution >= 4 is 5.91 Å². The molecule has 1 saturated heterocycles. The lowest BCUT2D eigenvalue weighted by atomic mass is 9.84. The molecule has 0 radical (unpaired) electrons. The summed E-state index contributed by atoms with van der Waals surface area (Å²) in [7, 11) is 0. The van der Waals surface area contributed by atoms with Crippen molar-refractivity contribution < 1.29 is 9.53 Å². The van der Waals surface area contributed by atoms with Crippen molar-refractivity contribution in [1.29, 1.82) is 0 Å². The molecule has 1 aliphatic carbocycles. The Morgan fingerprint density at radius 3 is 2.87 bits per heavy atom. The number of hydrogen-bond donors (Lipinski definition) is 2. The van der Waals surface area contributed by atoms with Crippen LogP contribution in [0.25, 0.3) is 0 Å². The van der Waals surface area contributed by atoms with Crippen molar-refractivity contribution in [3.63, 3.8) is 0 Å². The van der Waals surface area contributed by atoms with Gasteiger partial charge in [-0.2, -0.15) is 0 Å². The summed E-state index contributed by atoms with van der Waals surface area (Å²) < 4.78 is 5.23. The molecule has 4 nitrogen and oxygen atoms in total. The lowest BCUT2D eigenvalue weighted by Crippen LogP contribution is -2.50. The fourth-order valence-electron chi connectivity index (χ4n) is 2.47. The predicted octanol–water partition coefficient (Wildman–Crippen LogP) is 0.409. The molecule has 86 valence electrons. The second-order valence-corrected chi connectivity index (χ2v) is 4.95. The molecule has 2 fully saturated rings. The van der Waals surface area contributed by atoms with E-state index in [1.54, 1.807) is 0 Å². The van der Waals surface area contributed by atoms with Gasteiger partial charge in [0.1, 0.15) is 0 Å². The maximum atomic E-state index is 12.1. The van der Waals surface area contributed by atoms with E-state index in [1.165, 1.54) is 0 Å². The quantitative estimate of drug-likeness (QED) is 0.696. The number of carbonyl (C=O) groups excluding carboxylic acids is 1. The van der Waals surface area contributed by atoms with Crippen molar-refractivity contribution in [1.82, 2.24) is 5.32 Å². The summed E-state index contributed by atoms with van der Waals surface area (Å²) in [5.41, 5.74) is 5.64. The average molecular weight is 212 g/mol. The zero-order chi connectivity index (χ0) is 10.9. The average Bonchev–Trinajstić information content (AvgIpc) is 2.79. The fraction of sp³-hybridized carbons (Fsp3) is 0.909. The van der Waals surface area contributed by atoms with Crippen LogP contribution in [0, 0.1) is 5.41 Å². The molecule has 0 aromatic heterocycles. The Bertz CT molecular complexity index is 251. The van der Waals surface area contributed by atoms with Gasteiger partial charge >= 0.3 is 0 Å². The smallest absolute Gasteiger partial charge is 0.227 e. The number of hydrogen-bond acceptors (Lipinski definition) is 3. The number of nitrogens with two attached hydrogens (primary N) is 1. The number of nitrogens with one attached hydrogen (secondary N) is 1. The summed E-state index contributed by atoms with van der Waals surface area (Å²) in [4.78, 5) is 12.1. The van der Waals surface area contributed by atoms with Gasteiger partial charge in [-0.1, -0.05) is 6.42 Å². The topological polar surface area (TPSA) is 64.3 Å². The van der Waals surface area contributed by atoms with Gasteiger partial charge in [-0.05, 0) is 26.2 Å². The first-order valence-corrected chi connectivity index (χ1v) is 5.77. The van der Waals surface area contributed by atoms with Crippen LogP contribution < -0.4 is 11.1 Å². The molecule has 3 unspecified atom stereocenters. The summed E-state index contributed by atoms with van der Waals surface area (Å²) in [6.07, 6.45) is 3.86. The lowest BCUT2D eigenvalue weighted by molar-refractivity contribution is -0.131. The molecule has 2 aliphatic rings. The van der Waals surface area contributed by atoms with Gasteiger partial charge in [-0.3, -0.25) is 4.79 Å². The first-order chi connectivity index (χ1) is 7.13. The van der Waals surface area contributed by atoms with Crippen LogP contribution in [-0.4, -0.2) is 31.2 Å². The molecular weight excluding hydrogens is 192 g/mol. The highest BCUT2D eigenvalue weighted by Crippen LogP contribution is 2.36. The Hall–Kier alpha value is -0.610. The highest BCUT2D eigenvalue weighted by atomic mass is 16.5. The van der Waals surface area contributed by atoms with E-state index >= 15 is 0 Å². The predicted molar refractivity (Wildman–Crippen MR) is 57.3 cm³/mol. The number of rotatable bonds is 2. The molecule has 2 rings (SSSR count). The molecule has 3 atom stereocenters. The van der Waals surface area contributed by atoms with Crippen molar-refractivity contribution in [3.05, 3.63) is 0 Å². The molecule has 3 N–H and O–H groups in total. The van der Waals surface area contributed by atoms with Crippen molar-refractivity contribution in [3.8, 4) is 0 Å². The molecule has 0 bridgehead atoms. The lowest BCUT2D eigenvalue weighted by Gasteiger charge is -2.28. The van der Waals surface area contributed by atoms with Crippen LogP contribution in [0.3, 0.4) is 0 Å². The van der Waals surface area contributed by atoms with Gasteiger partial charge in [0, 0.05) is 12.6 Å². The molecule has 1 saturated carbocycles. The zero-order valence-corrected chi connectivity index (χ0v) is 9.29. The van der Waals surface area contributed by atoms with Gasteiger partial charge in [0.15, 0.2) is 0 Å². The summed E-state index contributed by atoms with van der Waals surface area (Å²) in [5.74, 6) is 0.114. The normalized spacial score (nSPS) is 40.7. The van der Waals surface area contributed by atoms with Gasteiger partial charge in [0.25, 0.3) is 0 Å². The van der Waals surface area contributed by atoms with E-state index in [0.717, 1.165) is 32.3 Å². The molecule has 0 spiro atoms. The maximum Gasteiger partial charge on any atom is 0.227 e. The van der Waals surface area contributed by atoms with Crippen LogP contribution >= 0.6 is 0 Å². The molecule has 1 heterocycles. The Morgan fingerprint density at radius 2 is 2.33 bits per heavy atom. The highest BCUT2D eigenvalue weighted by Gasteiger charge is 2.43. The minimum Gasteiger partial charge on any atom is -0.379 e. The summed E-state index contributed by atoms with van der Waals surface area (Å²) in [6.45, 7) is 3.39. The first kappa shape index (κ1) is 10.9. The van der Waals surface area contributed by atoms with Gasteiger partial charge in [-0.15, -0.1) is 0 Å². The Morgan fingerprint density at radius 1 is 1.53 bits per heavy atom. The van der Waals surface area contributed by atoms with E-state index in [0.29, 0.717) is 6.61 Å². The van der Waals surface area contributed by atoms with Gasteiger partial charge in [-0.25, -0.2) is 0 Å². The molecule has 0 aromatic rings. The van der Waals surface area contributed by atoms with E-state index in [2.05, 4.69) is 5.32 Å². The molecule has 0 aromatic carbocycles. The van der Waals surface area contributed by atoms with Crippen LogP contribution in [-0.2, 0) is 9.53 Å². The second-order valence-electron chi connectivity index (χ2n) is 4.95. The third-order valence-corrected chi connectivity index (χ3v) is 3.81. The van der Waals surface area contributed by atoms with Crippen LogP contribution in [0.5, 0.6) is 0 Å². The number of carbonyl (C=O) groups is 1. The van der Waals surface area contributed by atoms with Crippen LogP contribution in [0.2, 0.25) is 0 Å². The fourth-order valence-corrected chi connectivity index (χ4v) is 2.47. The molecule has 4 heteroatoms. The third-order valence-electron chi connectivity index (χ3n) is 3.81. The molecule has 1 amide bonds. The third kappa shape index (κ3) is 2.01. The monoisotopic (exact) mass is 212 g/mol. The van der Waals surface area contributed by atoms with Crippen molar-refractivity contribution in [2.75, 3.05) is 13.2 Å². The van der Waals surface area contributed by atoms with Crippen LogP contribution in [0.15, 0.2) is 0 Å². The Labute approximate surface area is 90.5 Å². The van der Waals surface area contributed by atoms with E-state index in [9.17, 15) is 4.79 Å². The standard InChI is InChI=1S/C11H20N2O2/c1-11(5-2-3-9(11)12)10(14)13-8-4-6-15-7-8/h8-9H,2-7,12H2,1H3,(H,13,14). The minimum atomic E-state index is -0.359. The van der Waals surface area contributed by atoms with Crippen molar-refractivity contribution in [2.45, 2.75) is 44.7 Å². The van der Waals surface area contributed by atoms with E-state index in [-0.39, 0.29) is 23.4 Å². The maximum absolute atomic E-state index is 12.1. The zero-order valence-electron chi connectivity index (χ0n) is 9.29. The summed E-state index contributed by atoms with van der Waals surface area (Å²) >= 11 is 0. The van der Waals surface area contributed by atoms with Crippen LogP contribution in [0.1, 0.15) is 32.6 Å². The number of ether oxygens (including phenoxy) is 1.